The number of aryl methyl sites for hydroxylation is 1. The minimum absolute atomic E-state index is 0.119. The predicted octanol–water partition coefficient (Wildman–Crippen LogP) is 2.61. The predicted molar refractivity (Wildman–Crippen MR) is 76.5 cm³/mol. The fourth-order valence-electron chi connectivity index (χ4n) is 1.41. The summed E-state index contributed by atoms with van der Waals surface area (Å²) in [5, 5.41) is 6.91. The molecular formula is C11H11BrClN3O2S. The molecule has 102 valence electrons. The largest absolute Gasteiger partial charge is 0.280 e. The van der Waals surface area contributed by atoms with Gasteiger partial charge in [-0.1, -0.05) is 17.7 Å². The fraction of sp³-hybridized carbons (Fsp3) is 0.182. The Morgan fingerprint density at radius 3 is 2.79 bits per heavy atom. The van der Waals surface area contributed by atoms with Gasteiger partial charge in [0.05, 0.1) is 27.8 Å². The number of sulfonamides is 1. The van der Waals surface area contributed by atoms with Crippen LogP contribution in [0.4, 0.5) is 0 Å². The number of aromatic amines is 1. The smallest absolute Gasteiger partial charge is 0.240 e. The molecule has 0 saturated carbocycles. The number of nitrogens with zero attached hydrogens (tertiary/aromatic N) is 1. The lowest BCUT2D eigenvalue weighted by Crippen LogP contribution is -2.23. The molecule has 1 aromatic carbocycles. The monoisotopic (exact) mass is 363 g/mol. The van der Waals surface area contributed by atoms with E-state index in [1.165, 1.54) is 12.1 Å². The van der Waals surface area contributed by atoms with Gasteiger partial charge in [0.25, 0.3) is 0 Å². The second kappa shape index (κ2) is 5.62. The van der Waals surface area contributed by atoms with Crippen molar-refractivity contribution >= 4 is 37.6 Å². The Hall–Kier alpha value is -0.890. The SMILES string of the molecule is Cc1ccc(S(=O)(=O)NCc2[nH]ncc2Br)cc1Cl. The normalized spacial score (nSPS) is 11.7. The van der Waals surface area contributed by atoms with Crippen molar-refractivity contribution in [1.29, 1.82) is 0 Å². The number of hydrogen-bond acceptors (Lipinski definition) is 3. The van der Waals surface area contributed by atoms with Gasteiger partial charge in [-0.2, -0.15) is 5.10 Å². The Kier molecular flexibility index (Phi) is 4.29. The number of benzene rings is 1. The summed E-state index contributed by atoms with van der Waals surface area (Å²) >= 11 is 9.19. The Morgan fingerprint density at radius 2 is 2.21 bits per heavy atom. The van der Waals surface area contributed by atoms with Gasteiger partial charge in [-0.25, -0.2) is 13.1 Å². The molecule has 0 radical (unpaired) electrons. The Balaban J connectivity index is 2.18. The number of aromatic nitrogens is 2. The van der Waals surface area contributed by atoms with Crippen LogP contribution in [0.3, 0.4) is 0 Å². The van der Waals surface area contributed by atoms with Crippen LogP contribution in [-0.2, 0) is 16.6 Å². The molecule has 2 rings (SSSR count). The van der Waals surface area contributed by atoms with E-state index in [9.17, 15) is 8.42 Å². The third-order valence-electron chi connectivity index (χ3n) is 2.56. The lowest BCUT2D eigenvalue weighted by atomic mass is 10.2. The first kappa shape index (κ1) is 14.5. The molecular weight excluding hydrogens is 354 g/mol. The summed E-state index contributed by atoms with van der Waals surface area (Å²) in [6, 6.07) is 4.62. The molecule has 0 aliphatic rings. The van der Waals surface area contributed by atoms with E-state index < -0.39 is 10.0 Å². The van der Waals surface area contributed by atoms with E-state index in [4.69, 9.17) is 11.6 Å². The molecule has 0 aliphatic carbocycles. The Morgan fingerprint density at radius 1 is 1.47 bits per heavy atom. The van der Waals surface area contributed by atoms with E-state index >= 15 is 0 Å². The minimum atomic E-state index is -3.60. The van der Waals surface area contributed by atoms with E-state index in [0.717, 1.165) is 10.0 Å². The first-order valence-corrected chi connectivity index (χ1v) is 7.99. The third kappa shape index (κ3) is 3.36. The van der Waals surface area contributed by atoms with Gasteiger partial charge in [-0.15, -0.1) is 0 Å². The maximum atomic E-state index is 12.1. The molecule has 0 amide bonds. The third-order valence-corrected chi connectivity index (χ3v) is 5.05. The van der Waals surface area contributed by atoms with Crippen LogP contribution in [-0.4, -0.2) is 18.6 Å². The number of nitrogens with one attached hydrogen (secondary N) is 2. The second-order valence-electron chi connectivity index (χ2n) is 3.93. The van der Waals surface area contributed by atoms with Crippen LogP contribution >= 0.6 is 27.5 Å². The van der Waals surface area contributed by atoms with Crippen molar-refractivity contribution in [2.45, 2.75) is 18.4 Å². The molecule has 19 heavy (non-hydrogen) atoms. The molecule has 0 fully saturated rings. The highest BCUT2D eigenvalue weighted by atomic mass is 79.9. The lowest BCUT2D eigenvalue weighted by Gasteiger charge is -2.07. The molecule has 0 atom stereocenters. The van der Waals surface area contributed by atoms with Crippen molar-refractivity contribution in [3.05, 3.63) is 45.1 Å². The minimum Gasteiger partial charge on any atom is -0.280 e. The summed E-state index contributed by atoms with van der Waals surface area (Å²) in [5.74, 6) is 0. The number of H-pyrrole nitrogens is 1. The molecule has 1 heterocycles. The van der Waals surface area contributed by atoms with Crippen LogP contribution in [0.5, 0.6) is 0 Å². The fourth-order valence-corrected chi connectivity index (χ4v) is 3.01. The molecule has 1 aromatic heterocycles. The number of hydrogen-bond donors (Lipinski definition) is 2. The van der Waals surface area contributed by atoms with Gasteiger partial charge in [0.15, 0.2) is 0 Å². The highest BCUT2D eigenvalue weighted by Crippen LogP contribution is 2.20. The summed E-state index contributed by atoms with van der Waals surface area (Å²) < 4.78 is 27.4. The van der Waals surface area contributed by atoms with Crippen molar-refractivity contribution in [2.24, 2.45) is 0 Å². The van der Waals surface area contributed by atoms with E-state index in [0.29, 0.717) is 10.7 Å². The van der Waals surface area contributed by atoms with E-state index in [1.54, 1.807) is 12.3 Å². The van der Waals surface area contributed by atoms with Crippen molar-refractivity contribution in [3.63, 3.8) is 0 Å². The molecule has 8 heteroatoms. The van der Waals surface area contributed by atoms with Crippen LogP contribution in [0.2, 0.25) is 5.02 Å². The van der Waals surface area contributed by atoms with Crippen molar-refractivity contribution < 1.29 is 8.42 Å². The van der Waals surface area contributed by atoms with Crippen LogP contribution < -0.4 is 4.72 Å². The summed E-state index contributed by atoms with van der Waals surface area (Å²) in [5.41, 5.74) is 1.48. The van der Waals surface area contributed by atoms with Gasteiger partial charge in [0.1, 0.15) is 0 Å². The van der Waals surface area contributed by atoms with Crippen LogP contribution in [0.15, 0.2) is 33.8 Å². The van der Waals surface area contributed by atoms with E-state index in [1.807, 2.05) is 6.92 Å². The molecule has 0 aliphatic heterocycles. The topological polar surface area (TPSA) is 74.8 Å². The number of halogens is 2. The van der Waals surface area contributed by atoms with Crippen LogP contribution in [0, 0.1) is 6.92 Å². The quantitative estimate of drug-likeness (QED) is 0.875. The van der Waals surface area contributed by atoms with E-state index in [-0.39, 0.29) is 11.4 Å². The molecule has 0 saturated heterocycles. The van der Waals surface area contributed by atoms with Crippen LogP contribution in [0.25, 0.3) is 0 Å². The standard InChI is InChI=1S/C11H11BrClN3O2S/c1-7-2-3-8(4-10(7)13)19(17,18)15-6-11-9(12)5-14-16-11/h2-5,15H,6H2,1H3,(H,14,16). The lowest BCUT2D eigenvalue weighted by molar-refractivity contribution is 0.580. The summed E-state index contributed by atoms with van der Waals surface area (Å²) in [4.78, 5) is 0.138. The first-order chi connectivity index (χ1) is 8.90. The maximum absolute atomic E-state index is 12.1. The molecule has 2 N–H and O–H groups in total. The van der Waals surface area contributed by atoms with Gasteiger partial charge < -0.3 is 0 Å². The molecule has 0 spiro atoms. The van der Waals surface area contributed by atoms with Crippen LogP contribution in [0.1, 0.15) is 11.3 Å². The highest BCUT2D eigenvalue weighted by molar-refractivity contribution is 9.10. The van der Waals surface area contributed by atoms with Crippen molar-refractivity contribution in [3.8, 4) is 0 Å². The average molecular weight is 365 g/mol. The van der Waals surface area contributed by atoms with Gasteiger partial charge >= 0.3 is 0 Å². The van der Waals surface area contributed by atoms with E-state index in [2.05, 4.69) is 30.8 Å². The van der Waals surface area contributed by atoms with Crippen molar-refractivity contribution in [2.75, 3.05) is 0 Å². The summed E-state index contributed by atoms with van der Waals surface area (Å²) in [7, 11) is -3.60. The zero-order chi connectivity index (χ0) is 14.0. The molecule has 0 unspecified atom stereocenters. The Bertz CT molecular complexity index is 700. The molecule has 2 aromatic rings. The van der Waals surface area contributed by atoms with Gasteiger partial charge in [0.2, 0.25) is 10.0 Å². The zero-order valence-corrected chi connectivity index (χ0v) is 13.1. The first-order valence-electron chi connectivity index (χ1n) is 5.34. The van der Waals surface area contributed by atoms with Gasteiger partial charge in [-0.05, 0) is 40.5 Å². The van der Waals surface area contributed by atoms with Gasteiger partial charge in [-0.3, -0.25) is 5.10 Å². The maximum Gasteiger partial charge on any atom is 0.240 e. The molecule has 5 nitrogen and oxygen atoms in total. The second-order valence-corrected chi connectivity index (χ2v) is 6.96. The summed E-state index contributed by atoms with van der Waals surface area (Å²) in [6.07, 6.45) is 1.56. The summed E-state index contributed by atoms with van der Waals surface area (Å²) in [6.45, 7) is 1.93. The Labute approximate surface area is 124 Å². The van der Waals surface area contributed by atoms with Crippen molar-refractivity contribution in [1.82, 2.24) is 14.9 Å². The highest BCUT2D eigenvalue weighted by Gasteiger charge is 2.15. The van der Waals surface area contributed by atoms with Gasteiger partial charge in [0, 0.05) is 5.02 Å². The number of rotatable bonds is 4. The molecule has 0 bridgehead atoms. The average Bonchev–Trinajstić information content (AvgIpc) is 2.76. The zero-order valence-electron chi connectivity index (χ0n) is 9.94.